The second-order valence-electron chi connectivity index (χ2n) is 4.90. The molecular formula is C14H26N4O. The molecule has 0 fully saturated rings. The average Bonchev–Trinajstić information content (AvgIpc) is 2.41. The van der Waals surface area contributed by atoms with Crippen molar-refractivity contribution in [2.75, 3.05) is 30.8 Å². The molecule has 1 rings (SSSR count). The van der Waals surface area contributed by atoms with Crippen molar-refractivity contribution in [3.05, 3.63) is 11.9 Å². The van der Waals surface area contributed by atoms with E-state index in [2.05, 4.69) is 34.4 Å². The zero-order valence-corrected chi connectivity index (χ0v) is 12.5. The van der Waals surface area contributed by atoms with Crippen LogP contribution in [0.1, 0.15) is 39.4 Å². The van der Waals surface area contributed by atoms with E-state index in [1.807, 2.05) is 20.0 Å². The molecule has 0 unspecified atom stereocenters. The van der Waals surface area contributed by atoms with Gasteiger partial charge in [-0.15, -0.1) is 0 Å². The normalized spacial score (nSPS) is 10.8. The second-order valence-corrected chi connectivity index (χ2v) is 4.90. The summed E-state index contributed by atoms with van der Waals surface area (Å²) >= 11 is 0. The quantitative estimate of drug-likeness (QED) is 0.673. The molecule has 0 aromatic carbocycles. The van der Waals surface area contributed by atoms with Crippen LogP contribution in [0.4, 0.5) is 11.6 Å². The Morgan fingerprint density at radius 2 is 2.00 bits per heavy atom. The van der Waals surface area contributed by atoms with Gasteiger partial charge in [0.15, 0.2) is 5.82 Å². The number of ether oxygens (including phenoxy) is 1. The van der Waals surface area contributed by atoms with Crippen LogP contribution in [0, 0.1) is 5.92 Å². The van der Waals surface area contributed by atoms with Crippen LogP contribution in [0.5, 0.6) is 0 Å². The van der Waals surface area contributed by atoms with Gasteiger partial charge in [-0.05, 0) is 25.7 Å². The van der Waals surface area contributed by atoms with Gasteiger partial charge in [0, 0.05) is 26.3 Å². The van der Waals surface area contributed by atoms with Crippen LogP contribution in [0.2, 0.25) is 0 Å². The van der Waals surface area contributed by atoms with E-state index in [0.29, 0.717) is 19.0 Å². The first-order valence-electron chi connectivity index (χ1n) is 7.03. The number of anilines is 2. The zero-order chi connectivity index (χ0) is 14.1. The molecule has 5 heteroatoms. The molecule has 0 spiro atoms. The van der Waals surface area contributed by atoms with Crippen molar-refractivity contribution in [1.29, 1.82) is 0 Å². The van der Waals surface area contributed by atoms with E-state index in [1.165, 1.54) is 6.42 Å². The fourth-order valence-corrected chi connectivity index (χ4v) is 1.70. The van der Waals surface area contributed by atoms with Crippen LogP contribution >= 0.6 is 0 Å². The van der Waals surface area contributed by atoms with Gasteiger partial charge >= 0.3 is 0 Å². The third-order valence-electron chi connectivity index (χ3n) is 2.73. The molecule has 0 bridgehead atoms. The summed E-state index contributed by atoms with van der Waals surface area (Å²) in [6, 6.07) is 1.92. The number of rotatable bonds is 9. The molecule has 0 aliphatic heterocycles. The fourth-order valence-electron chi connectivity index (χ4n) is 1.70. The van der Waals surface area contributed by atoms with Gasteiger partial charge in [0.05, 0.1) is 0 Å². The predicted octanol–water partition coefficient (Wildman–Crippen LogP) is 2.90. The molecule has 0 aliphatic carbocycles. The Hall–Kier alpha value is -1.36. The number of nitrogens with one attached hydrogen (secondary N) is 2. The Labute approximate surface area is 116 Å². The smallest absolute Gasteiger partial charge is 0.158 e. The maximum atomic E-state index is 5.35. The van der Waals surface area contributed by atoms with Crippen LogP contribution < -0.4 is 10.6 Å². The highest BCUT2D eigenvalue weighted by molar-refractivity contribution is 5.47. The molecule has 2 N–H and O–H groups in total. The largest absolute Gasteiger partial charge is 0.374 e. The van der Waals surface area contributed by atoms with Gasteiger partial charge in [0.1, 0.15) is 18.2 Å². The molecule has 0 saturated heterocycles. The van der Waals surface area contributed by atoms with Crippen LogP contribution in [-0.2, 0) is 11.3 Å². The SMILES string of the molecule is CCOCc1nc(NC)cc(NCCCC(C)C)n1. The third kappa shape index (κ3) is 6.38. The lowest BCUT2D eigenvalue weighted by Gasteiger charge is -2.10. The third-order valence-corrected chi connectivity index (χ3v) is 2.73. The minimum Gasteiger partial charge on any atom is -0.374 e. The lowest BCUT2D eigenvalue weighted by molar-refractivity contribution is 0.128. The molecule has 19 heavy (non-hydrogen) atoms. The van der Waals surface area contributed by atoms with Gasteiger partial charge in [0.2, 0.25) is 0 Å². The minimum atomic E-state index is 0.451. The van der Waals surface area contributed by atoms with Crippen molar-refractivity contribution in [3.63, 3.8) is 0 Å². The lowest BCUT2D eigenvalue weighted by Crippen LogP contribution is -2.09. The van der Waals surface area contributed by atoms with Gasteiger partial charge in [-0.2, -0.15) is 0 Å². The molecule has 5 nitrogen and oxygen atoms in total. The van der Waals surface area contributed by atoms with Crippen molar-refractivity contribution in [1.82, 2.24) is 9.97 Å². The molecule has 0 amide bonds. The lowest BCUT2D eigenvalue weighted by atomic mass is 10.1. The highest BCUT2D eigenvalue weighted by atomic mass is 16.5. The van der Waals surface area contributed by atoms with Gasteiger partial charge < -0.3 is 15.4 Å². The fraction of sp³-hybridized carbons (Fsp3) is 0.714. The van der Waals surface area contributed by atoms with E-state index in [1.54, 1.807) is 0 Å². The Morgan fingerprint density at radius 3 is 2.63 bits per heavy atom. The van der Waals surface area contributed by atoms with Crippen molar-refractivity contribution < 1.29 is 4.74 Å². The van der Waals surface area contributed by atoms with Crippen LogP contribution in [0.25, 0.3) is 0 Å². The van der Waals surface area contributed by atoms with Crippen molar-refractivity contribution >= 4 is 11.6 Å². The summed E-state index contributed by atoms with van der Waals surface area (Å²) in [5.41, 5.74) is 0. The summed E-state index contributed by atoms with van der Waals surface area (Å²) in [7, 11) is 1.86. The number of nitrogens with zero attached hydrogens (tertiary/aromatic N) is 2. The van der Waals surface area contributed by atoms with E-state index < -0.39 is 0 Å². The average molecular weight is 266 g/mol. The van der Waals surface area contributed by atoms with E-state index in [0.717, 1.165) is 30.5 Å². The summed E-state index contributed by atoms with van der Waals surface area (Å²) in [5.74, 6) is 3.13. The van der Waals surface area contributed by atoms with E-state index in [4.69, 9.17) is 4.74 Å². The van der Waals surface area contributed by atoms with E-state index in [-0.39, 0.29) is 0 Å². The molecule has 1 heterocycles. The number of hydrogen-bond donors (Lipinski definition) is 2. The van der Waals surface area contributed by atoms with E-state index in [9.17, 15) is 0 Å². The van der Waals surface area contributed by atoms with Crippen molar-refractivity contribution in [2.45, 2.75) is 40.2 Å². The summed E-state index contributed by atoms with van der Waals surface area (Å²) < 4.78 is 5.35. The Morgan fingerprint density at radius 1 is 1.26 bits per heavy atom. The first-order chi connectivity index (χ1) is 9.15. The van der Waals surface area contributed by atoms with Gasteiger partial charge in [0.25, 0.3) is 0 Å². The van der Waals surface area contributed by atoms with Crippen LogP contribution in [0.15, 0.2) is 6.07 Å². The summed E-state index contributed by atoms with van der Waals surface area (Å²) in [6.45, 7) is 8.50. The summed E-state index contributed by atoms with van der Waals surface area (Å²) in [6.07, 6.45) is 2.38. The molecule has 1 aromatic heterocycles. The molecule has 1 aromatic rings. The number of hydrogen-bond acceptors (Lipinski definition) is 5. The zero-order valence-electron chi connectivity index (χ0n) is 12.5. The summed E-state index contributed by atoms with van der Waals surface area (Å²) in [4.78, 5) is 8.81. The summed E-state index contributed by atoms with van der Waals surface area (Å²) in [5, 5.41) is 6.39. The molecule has 0 atom stereocenters. The standard InChI is InChI=1S/C14H26N4O/c1-5-19-10-14-17-12(15-4)9-13(18-14)16-8-6-7-11(2)3/h9,11H,5-8,10H2,1-4H3,(H2,15,16,17,18). The molecular weight excluding hydrogens is 240 g/mol. The molecule has 0 aliphatic rings. The Balaban J connectivity index is 2.55. The van der Waals surface area contributed by atoms with Gasteiger partial charge in [-0.25, -0.2) is 9.97 Å². The Kier molecular flexibility index (Phi) is 7.18. The Bertz CT molecular complexity index is 368. The first kappa shape index (κ1) is 15.7. The highest BCUT2D eigenvalue weighted by Gasteiger charge is 2.04. The number of aromatic nitrogens is 2. The predicted molar refractivity (Wildman–Crippen MR) is 79.5 cm³/mol. The van der Waals surface area contributed by atoms with Gasteiger partial charge in [-0.1, -0.05) is 13.8 Å². The van der Waals surface area contributed by atoms with E-state index >= 15 is 0 Å². The maximum Gasteiger partial charge on any atom is 0.158 e. The van der Waals surface area contributed by atoms with Gasteiger partial charge in [-0.3, -0.25) is 0 Å². The monoisotopic (exact) mass is 266 g/mol. The minimum absolute atomic E-state index is 0.451. The molecule has 108 valence electrons. The topological polar surface area (TPSA) is 59.1 Å². The van der Waals surface area contributed by atoms with Crippen molar-refractivity contribution in [3.8, 4) is 0 Å². The van der Waals surface area contributed by atoms with Crippen LogP contribution in [-0.4, -0.2) is 30.2 Å². The van der Waals surface area contributed by atoms with Crippen LogP contribution in [0.3, 0.4) is 0 Å². The molecule has 0 saturated carbocycles. The maximum absolute atomic E-state index is 5.35. The second kappa shape index (κ2) is 8.69. The molecule has 0 radical (unpaired) electrons. The first-order valence-corrected chi connectivity index (χ1v) is 7.03. The van der Waals surface area contributed by atoms with Crippen molar-refractivity contribution in [2.24, 2.45) is 5.92 Å². The highest BCUT2D eigenvalue weighted by Crippen LogP contribution is 2.12.